The lowest BCUT2D eigenvalue weighted by Gasteiger charge is -2.29. The Hall–Kier alpha value is -3.83. The molecule has 2 atom stereocenters. The summed E-state index contributed by atoms with van der Waals surface area (Å²) in [5, 5.41) is 4.85. The number of anilines is 2. The number of halogens is 4. The highest BCUT2D eigenvalue weighted by Gasteiger charge is 2.39. The van der Waals surface area contributed by atoms with Crippen LogP contribution in [0.5, 0.6) is 0 Å². The van der Waals surface area contributed by atoms with E-state index in [-0.39, 0.29) is 23.4 Å². The summed E-state index contributed by atoms with van der Waals surface area (Å²) in [4.78, 5) is 41.2. The molecule has 0 saturated carbocycles. The second-order valence-corrected chi connectivity index (χ2v) is 9.94. The molecule has 38 heavy (non-hydrogen) atoms. The van der Waals surface area contributed by atoms with Gasteiger partial charge in [-0.05, 0) is 44.5 Å². The zero-order chi connectivity index (χ0) is 28.3. The molecule has 2 aromatic carbocycles. The first kappa shape index (κ1) is 28.7. The van der Waals surface area contributed by atoms with Crippen LogP contribution in [0.4, 0.5) is 33.7 Å². The lowest BCUT2D eigenvalue weighted by molar-refractivity contribution is -0.129. The largest absolute Gasteiger partial charge is 0.444 e. The fourth-order valence-corrected chi connectivity index (χ4v) is 4.05. The molecule has 0 bridgehead atoms. The molecule has 3 amide bonds. The van der Waals surface area contributed by atoms with Crippen LogP contribution in [0.2, 0.25) is 0 Å². The van der Waals surface area contributed by atoms with E-state index in [9.17, 15) is 31.9 Å². The van der Waals surface area contributed by atoms with E-state index in [0.717, 1.165) is 4.90 Å². The summed E-state index contributed by atoms with van der Waals surface area (Å²) in [5.74, 6) is -2.16. The predicted octanol–water partition coefficient (Wildman–Crippen LogP) is 3.79. The first-order chi connectivity index (χ1) is 17.6. The number of carbonyl (C=O) groups is 3. The van der Waals surface area contributed by atoms with Gasteiger partial charge >= 0.3 is 12.3 Å². The number of carbonyl (C=O) groups excluding carboxylic acids is 3. The molecule has 0 aromatic heterocycles. The van der Waals surface area contributed by atoms with Crippen LogP contribution in [0.1, 0.15) is 26.3 Å². The molecule has 1 heterocycles. The Balaban J connectivity index is 1.89. The summed E-state index contributed by atoms with van der Waals surface area (Å²) in [6, 6.07) is 8.95. The van der Waals surface area contributed by atoms with Crippen molar-refractivity contribution in [1.82, 2.24) is 10.6 Å². The molecule has 1 aliphatic heterocycles. The number of alkyl halides is 3. The molecule has 0 spiro atoms. The van der Waals surface area contributed by atoms with E-state index in [1.165, 1.54) is 42.3 Å². The molecule has 8 nitrogen and oxygen atoms in total. The van der Waals surface area contributed by atoms with Gasteiger partial charge in [-0.15, -0.1) is 0 Å². The summed E-state index contributed by atoms with van der Waals surface area (Å²) >= 11 is 0. The van der Waals surface area contributed by atoms with E-state index in [2.05, 4.69) is 10.6 Å². The number of fused-ring (bicyclic) bond motifs is 1. The van der Waals surface area contributed by atoms with E-state index in [1.54, 1.807) is 39.0 Å². The fourth-order valence-electron chi connectivity index (χ4n) is 4.05. The van der Waals surface area contributed by atoms with Crippen molar-refractivity contribution in [3.8, 4) is 0 Å². The third-order valence-electron chi connectivity index (χ3n) is 5.69. The van der Waals surface area contributed by atoms with Crippen LogP contribution in [-0.4, -0.2) is 61.9 Å². The topological polar surface area (TPSA) is 91.0 Å². The van der Waals surface area contributed by atoms with Gasteiger partial charge in [0.25, 0.3) is 5.91 Å². The lowest BCUT2D eigenvalue weighted by atomic mass is 10.0. The summed E-state index contributed by atoms with van der Waals surface area (Å²) in [6.07, 6.45) is -5.83. The fraction of sp³-hybridized carbons (Fsp3) is 0.423. The third-order valence-corrected chi connectivity index (χ3v) is 5.69. The van der Waals surface area contributed by atoms with Crippen molar-refractivity contribution < 1.29 is 36.7 Å². The van der Waals surface area contributed by atoms with Crippen LogP contribution in [0.15, 0.2) is 48.5 Å². The van der Waals surface area contributed by atoms with Crippen molar-refractivity contribution in [3.05, 3.63) is 59.9 Å². The van der Waals surface area contributed by atoms with Crippen molar-refractivity contribution in [2.45, 2.75) is 51.1 Å². The van der Waals surface area contributed by atoms with Crippen LogP contribution in [-0.2, 0) is 20.7 Å². The van der Waals surface area contributed by atoms with Gasteiger partial charge in [-0.3, -0.25) is 9.59 Å². The predicted molar refractivity (Wildman–Crippen MR) is 133 cm³/mol. The molecule has 0 saturated heterocycles. The monoisotopic (exact) mass is 538 g/mol. The molecule has 12 heteroatoms. The number of benzene rings is 2. The Kier molecular flexibility index (Phi) is 8.53. The van der Waals surface area contributed by atoms with E-state index in [4.69, 9.17) is 4.74 Å². The Labute approximate surface area is 217 Å². The van der Waals surface area contributed by atoms with Gasteiger partial charge in [-0.25, -0.2) is 9.18 Å². The molecule has 0 radical (unpaired) electrons. The zero-order valence-corrected chi connectivity index (χ0v) is 21.4. The first-order valence-electron chi connectivity index (χ1n) is 11.9. The van der Waals surface area contributed by atoms with Crippen molar-refractivity contribution in [1.29, 1.82) is 0 Å². The number of rotatable bonds is 6. The van der Waals surface area contributed by atoms with E-state index in [0.29, 0.717) is 0 Å². The number of likely N-dealkylation sites (N-methyl/N-ethyl adjacent to an activating group) is 1. The van der Waals surface area contributed by atoms with Gasteiger partial charge < -0.3 is 25.2 Å². The van der Waals surface area contributed by atoms with E-state index in [1.807, 2.05) is 0 Å². The Bertz CT molecular complexity index is 1180. The molecule has 3 rings (SSSR count). The lowest BCUT2D eigenvalue weighted by Crippen LogP contribution is -2.57. The molecule has 2 unspecified atom stereocenters. The van der Waals surface area contributed by atoms with Gasteiger partial charge in [-0.2, -0.15) is 13.2 Å². The normalized spacial score (nSPS) is 16.8. The molecule has 0 fully saturated rings. The maximum absolute atomic E-state index is 14.4. The number of nitrogens with zero attached hydrogens (tertiary/aromatic N) is 2. The Morgan fingerprint density at radius 1 is 1.05 bits per heavy atom. The van der Waals surface area contributed by atoms with Crippen molar-refractivity contribution in [2.75, 3.05) is 29.9 Å². The van der Waals surface area contributed by atoms with Crippen LogP contribution < -0.4 is 20.4 Å². The molecule has 206 valence electrons. The summed E-state index contributed by atoms with van der Waals surface area (Å²) in [6.45, 7) is 3.01. The summed E-state index contributed by atoms with van der Waals surface area (Å²) in [5.41, 5.74) is -0.368. The summed E-state index contributed by atoms with van der Waals surface area (Å²) in [7, 11) is 1.40. The van der Waals surface area contributed by atoms with Gasteiger partial charge in [0.1, 0.15) is 30.0 Å². The smallest absolute Gasteiger partial charge is 0.408 e. The number of nitrogens with one attached hydrogen (secondary N) is 2. The van der Waals surface area contributed by atoms with Crippen molar-refractivity contribution >= 4 is 29.3 Å². The average molecular weight is 539 g/mol. The molecule has 2 N–H and O–H groups in total. The maximum atomic E-state index is 14.4. The van der Waals surface area contributed by atoms with Gasteiger partial charge in [0.05, 0.1) is 11.4 Å². The highest BCUT2D eigenvalue weighted by molar-refractivity contribution is 6.03. The van der Waals surface area contributed by atoms with Gasteiger partial charge in [-0.1, -0.05) is 30.3 Å². The van der Waals surface area contributed by atoms with Crippen LogP contribution >= 0.6 is 0 Å². The highest BCUT2D eigenvalue weighted by atomic mass is 19.4. The van der Waals surface area contributed by atoms with E-state index >= 15 is 0 Å². The first-order valence-corrected chi connectivity index (χ1v) is 11.9. The minimum Gasteiger partial charge on any atom is -0.444 e. The number of alkyl carbamates (subject to hydrolysis) is 1. The van der Waals surface area contributed by atoms with Crippen molar-refractivity contribution in [2.24, 2.45) is 0 Å². The zero-order valence-electron chi connectivity index (χ0n) is 21.4. The Morgan fingerprint density at radius 3 is 2.26 bits per heavy atom. The molecular weight excluding hydrogens is 508 g/mol. The van der Waals surface area contributed by atoms with Crippen molar-refractivity contribution in [3.63, 3.8) is 0 Å². The quantitative estimate of drug-likeness (QED) is 0.547. The molecular formula is C26H30F4N4O4. The minimum absolute atomic E-state index is 0.110. The SMILES string of the molecule is CN1C(=O)C(NC(=O)C(Cc2ccccc2F)NC(=O)OC(C)(C)C)CN(CC(F)(F)F)c2ccccc21. The van der Waals surface area contributed by atoms with Gasteiger partial charge in [0, 0.05) is 20.0 Å². The van der Waals surface area contributed by atoms with Crippen LogP contribution in [0, 0.1) is 5.82 Å². The van der Waals surface area contributed by atoms with E-state index < -0.39 is 60.7 Å². The van der Waals surface area contributed by atoms with Crippen LogP contribution in [0.3, 0.4) is 0 Å². The number of hydrogen-bond donors (Lipinski definition) is 2. The minimum atomic E-state index is -4.58. The van der Waals surface area contributed by atoms with Crippen LogP contribution in [0.25, 0.3) is 0 Å². The molecule has 1 aliphatic rings. The second-order valence-electron chi connectivity index (χ2n) is 9.94. The number of amides is 3. The standard InChI is InChI=1S/C26H30F4N4O4/c1-25(2,3)38-24(37)32-18(13-16-9-5-6-10-17(16)27)22(35)31-19-14-34(15-26(28,29)30)21-12-8-7-11-20(21)33(4)23(19)36/h5-12,18-19H,13-15H2,1-4H3,(H,31,35)(H,32,37). The highest BCUT2D eigenvalue weighted by Crippen LogP contribution is 2.33. The van der Waals surface area contributed by atoms with Gasteiger partial charge in [0.2, 0.25) is 5.91 Å². The number of para-hydroxylation sites is 2. The molecule has 2 aromatic rings. The average Bonchev–Trinajstić information content (AvgIpc) is 2.89. The molecule has 0 aliphatic carbocycles. The second kappa shape index (κ2) is 11.3. The maximum Gasteiger partial charge on any atom is 0.408 e. The third kappa shape index (κ3) is 7.59. The number of ether oxygens (including phenoxy) is 1. The summed E-state index contributed by atoms with van der Waals surface area (Å²) < 4.78 is 59.8. The van der Waals surface area contributed by atoms with Gasteiger partial charge in [0.15, 0.2) is 0 Å². The Morgan fingerprint density at radius 2 is 1.66 bits per heavy atom. The number of hydrogen-bond acceptors (Lipinski definition) is 5.